The molecule has 228 valence electrons. The molecule has 6 N–H and O–H groups in total. The van der Waals surface area contributed by atoms with E-state index in [0.717, 1.165) is 24.1 Å². The Hall–Kier alpha value is -2.23. The predicted molar refractivity (Wildman–Crippen MR) is 165 cm³/mol. The van der Waals surface area contributed by atoms with Crippen molar-refractivity contribution >= 4 is 12.0 Å². The van der Waals surface area contributed by atoms with Crippen LogP contribution in [-0.2, 0) is 15.9 Å². The number of aliphatic hydroxyl groups excluding tert-OH is 2. The number of ether oxygens (including phenoxy) is 2. The lowest BCUT2D eigenvalue weighted by Gasteiger charge is -2.45. The Morgan fingerprint density at radius 1 is 1.27 bits per heavy atom. The molecule has 8 heteroatoms. The van der Waals surface area contributed by atoms with Crippen molar-refractivity contribution in [1.82, 2.24) is 10.2 Å². The molecule has 3 fully saturated rings. The summed E-state index contributed by atoms with van der Waals surface area (Å²) in [5.41, 5.74) is 11.7. The summed E-state index contributed by atoms with van der Waals surface area (Å²) in [6, 6.07) is 6.44. The molecule has 1 aromatic carbocycles. The molecule has 3 aliphatic rings. The van der Waals surface area contributed by atoms with Crippen LogP contribution in [0.2, 0.25) is 0 Å². The summed E-state index contributed by atoms with van der Waals surface area (Å²) in [7, 11) is 0. The van der Waals surface area contributed by atoms with Crippen LogP contribution < -0.4 is 11.1 Å². The van der Waals surface area contributed by atoms with Gasteiger partial charge in [-0.3, -0.25) is 5.41 Å². The number of likely N-dealkylation sites (tertiary alicyclic amines) is 1. The highest BCUT2D eigenvalue weighted by atomic mass is 16.7. The molecule has 0 bridgehead atoms. The van der Waals surface area contributed by atoms with Crippen LogP contribution in [0.1, 0.15) is 75.5 Å². The summed E-state index contributed by atoms with van der Waals surface area (Å²) in [5.74, 6) is 0.00317. The number of aryl methyl sites for hydroxylation is 1. The average Bonchev–Trinajstić information content (AvgIpc) is 2.94. The van der Waals surface area contributed by atoms with E-state index in [0.29, 0.717) is 29.5 Å². The van der Waals surface area contributed by atoms with Gasteiger partial charge in [-0.1, -0.05) is 44.2 Å². The van der Waals surface area contributed by atoms with Gasteiger partial charge in [-0.2, -0.15) is 0 Å². The van der Waals surface area contributed by atoms with Crippen LogP contribution in [0.15, 0.2) is 35.5 Å². The topological polar surface area (TPSA) is 124 Å². The Kier molecular flexibility index (Phi) is 11.4. The van der Waals surface area contributed by atoms with E-state index >= 15 is 0 Å². The number of piperidine rings is 2. The minimum atomic E-state index is -0.790. The maximum Gasteiger partial charge on any atom is 0.213 e. The molecule has 3 aliphatic heterocycles. The first-order chi connectivity index (χ1) is 19.7. The third-order valence-electron chi connectivity index (χ3n) is 9.10. The van der Waals surface area contributed by atoms with E-state index in [1.54, 1.807) is 0 Å². The zero-order valence-electron chi connectivity index (χ0n) is 25.3. The second-order valence-electron chi connectivity index (χ2n) is 12.7. The number of hydrogen-bond donors (Lipinski definition) is 5. The number of nitrogens with one attached hydrogen (secondary N) is 2. The first kappa shape index (κ1) is 31.7. The van der Waals surface area contributed by atoms with Crippen molar-refractivity contribution in [3.63, 3.8) is 0 Å². The lowest BCUT2D eigenvalue weighted by atomic mass is 9.73. The first-order valence-corrected chi connectivity index (χ1v) is 15.6. The lowest BCUT2D eigenvalue weighted by molar-refractivity contribution is -0.190. The Morgan fingerprint density at radius 3 is 2.76 bits per heavy atom. The van der Waals surface area contributed by atoms with Gasteiger partial charge in [0.05, 0.1) is 18.8 Å². The third-order valence-corrected chi connectivity index (χ3v) is 9.10. The fourth-order valence-electron chi connectivity index (χ4n) is 6.56. The number of nitrogens with zero attached hydrogens (tertiary/aromatic N) is 1. The second kappa shape index (κ2) is 14.8. The first-order valence-electron chi connectivity index (χ1n) is 15.6. The van der Waals surface area contributed by atoms with Crippen molar-refractivity contribution in [1.29, 1.82) is 5.41 Å². The maximum absolute atomic E-state index is 10.1. The SMILES string of the molecule is Cc1cc(/C=C/CCN2CCCC3(CCNCC3)C2)ccc1C/C(C(=N)OC1CC(O)CC(CO)O1)=C(/N)C(C)C. The molecule has 0 radical (unpaired) electrons. The Bertz CT molecular complexity index is 1070. The highest BCUT2D eigenvalue weighted by Crippen LogP contribution is 2.38. The highest BCUT2D eigenvalue weighted by Gasteiger charge is 2.36. The van der Waals surface area contributed by atoms with Crippen molar-refractivity contribution in [2.24, 2.45) is 17.1 Å². The molecule has 0 aromatic heterocycles. The van der Waals surface area contributed by atoms with Crippen molar-refractivity contribution in [3.05, 3.63) is 52.2 Å². The number of benzene rings is 1. The van der Waals surface area contributed by atoms with Crippen LogP contribution in [0.5, 0.6) is 0 Å². The van der Waals surface area contributed by atoms with Gasteiger partial charge in [0.2, 0.25) is 12.2 Å². The fourth-order valence-corrected chi connectivity index (χ4v) is 6.56. The Labute approximate surface area is 246 Å². The van der Waals surface area contributed by atoms with Crippen LogP contribution in [0.4, 0.5) is 0 Å². The van der Waals surface area contributed by atoms with E-state index in [-0.39, 0.29) is 24.8 Å². The van der Waals surface area contributed by atoms with Crippen molar-refractivity contribution < 1.29 is 19.7 Å². The van der Waals surface area contributed by atoms with E-state index in [2.05, 4.69) is 47.5 Å². The van der Waals surface area contributed by atoms with Gasteiger partial charge in [0.25, 0.3) is 0 Å². The van der Waals surface area contributed by atoms with Gasteiger partial charge in [0.15, 0.2) is 0 Å². The summed E-state index contributed by atoms with van der Waals surface area (Å²) < 4.78 is 11.6. The summed E-state index contributed by atoms with van der Waals surface area (Å²) >= 11 is 0. The molecule has 3 saturated heterocycles. The van der Waals surface area contributed by atoms with Gasteiger partial charge in [-0.05, 0) is 86.7 Å². The minimum Gasteiger partial charge on any atom is -0.448 e. The number of allylic oxidation sites excluding steroid dienone is 1. The summed E-state index contributed by atoms with van der Waals surface area (Å²) in [4.78, 5) is 2.67. The predicted octanol–water partition coefficient (Wildman–Crippen LogP) is 4.13. The summed E-state index contributed by atoms with van der Waals surface area (Å²) in [5, 5.41) is 31.8. The van der Waals surface area contributed by atoms with E-state index in [4.69, 9.17) is 20.6 Å². The molecule has 3 unspecified atom stereocenters. The molecule has 0 saturated carbocycles. The Balaban J connectivity index is 1.34. The zero-order chi connectivity index (χ0) is 29.4. The standard InChI is InChI=1S/C33H52N4O4/c1-23(2)31(34)29(32(35)41-30-20-27(39)19-28(21-38)40-30)18-26-9-8-25(17-24(26)3)7-4-5-15-37-16-6-10-33(22-37)11-13-36-14-12-33/h4,7-9,17,23,27-28,30,35-36,38-39H,5-6,10-16,18-22,34H2,1-3H3/b7-4+,31-29-,35-32?. The molecule has 3 heterocycles. The number of nitrogens with two attached hydrogens (primary N) is 1. The zero-order valence-corrected chi connectivity index (χ0v) is 25.3. The van der Waals surface area contributed by atoms with E-state index in [9.17, 15) is 10.2 Å². The van der Waals surface area contributed by atoms with Crippen LogP contribution in [0.25, 0.3) is 6.08 Å². The summed E-state index contributed by atoms with van der Waals surface area (Å²) in [6.07, 6.45) is 10.1. The Morgan fingerprint density at radius 2 is 2.05 bits per heavy atom. The largest absolute Gasteiger partial charge is 0.448 e. The van der Waals surface area contributed by atoms with Gasteiger partial charge in [-0.15, -0.1) is 0 Å². The molecule has 8 nitrogen and oxygen atoms in total. The van der Waals surface area contributed by atoms with Crippen LogP contribution >= 0.6 is 0 Å². The molecular formula is C33H52N4O4. The number of rotatable bonds is 10. The quantitative estimate of drug-likeness (QED) is 0.212. The molecule has 1 aromatic rings. The molecule has 4 rings (SSSR count). The smallest absolute Gasteiger partial charge is 0.213 e. The third kappa shape index (κ3) is 8.88. The lowest BCUT2D eigenvalue weighted by Crippen LogP contribution is -2.48. The normalized spacial score (nSPS) is 26.0. The summed E-state index contributed by atoms with van der Waals surface area (Å²) in [6.45, 7) is 11.8. The molecule has 1 spiro atoms. The van der Waals surface area contributed by atoms with E-state index < -0.39 is 18.5 Å². The fraction of sp³-hybridized carbons (Fsp3) is 0.667. The second-order valence-corrected chi connectivity index (χ2v) is 12.7. The number of hydrogen-bond acceptors (Lipinski definition) is 8. The van der Waals surface area contributed by atoms with Crippen LogP contribution in [-0.4, -0.2) is 78.8 Å². The monoisotopic (exact) mass is 568 g/mol. The van der Waals surface area contributed by atoms with Gasteiger partial charge in [-0.25, -0.2) is 0 Å². The molecule has 3 atom stereocenters. The average molecular weight is 569 g/mol. The van der Waals surface area contributed by atoms with Crippen LogP contribution in [0.3, 0.4) is 0 Å². The van der Waals surface area contributed by atoms with E-state index in [1.165, 1.54) is 57.4 Å². The molecule has 0 aliphatic carbocycles. The van der Waals surface area contributed by atoms with Gasteiger partial charge in [0.1, 0.15) is 0 Å². The van der Waals surface area contributed by atoms with Gasteiger partial charge < -0.3 is 35.6 Å². The molecule has 41 heavy (non-hydrogen) atoms. The van der Waals surface area contributed by atoms with Crippen molar-refractivity contribution in [2.45, 2.75) is 90.6 Å². The molecular weight excluding hydrogens is 516 g/mol. The van der Waals surface area contributed by atoms with Crippen LogP contribution in [0, 0.1) is 23.7 Å². The molecule has 0 amide bonds. The van der Waals surface area contributed by atoms with Crippen molar-refractivity contribution in [2.75, 3.05) is 39.3 Å². The van der Waals surface area contributed by atoms with Gasteiger partial charge >= 0.3 is 0 Å². The van der Waals surface area contributed by atoms with Crippen molar-refractivity contribution in [3.8, 4) is 0 Å². The minimum absolute atomic E-state index is 0.0423. The van der Waals surface area contributed by atoms with Gasteiger partial charge in [0, 0.05) is 43.6 Å². The van der Waals surface area contributed by atoms with E-state index in [1.807, 2.05) is 13.8 Å². The highest BCUT2D eigenvalue weighted by molar-refractivity contribution is 5.92. The maximum atomic E-state index is 10.1. The number of aliphatic hydroxyl groups is 2.